The molecule has 55 heavy (non-hydrogen) atoms. The number of para-hydroxylation sites is 1. The number of anilines is 6. The standard InChI is InChI=1S/C39H45ClN9O5P/c1-54-33-21-27(9-11-30(33)45-39-43-22-29(40)36(47-39)44-31-6-4-5-7-34(31)55(2,3)53)48-18-14-25(15-19-48)41-16-17-42-26-8-10-28-24(20-26)23-49(38(28)52)32-12-13-35(50)46-37(32)51/h4-11,20-22,25,32,41-42H,12-19,23H2,1-3H3,(H,46,50,51)(H2,43,44,45,47). The number of carbonyl (C=O) groups is 3. The molecular weight excluding hydrogens is 741 g/mol. The molecule has 7 rings (SSSR count). The second kappa shape index (κ2) is 16.3. The number of amides is 3. The molecule has 288 valence electrons. The van der Waals surface area contributed by atoms with E-state index in [1.807, 2.05) is 54.6 Å². The van der Waals surface area contributed by atoms with E-state index in [2.05, 4.69) is 47.5 Å². The molecule has 4 heterocycles. The average molecular weight is 786 g/mol. The zero-order chi connectivity index (χ0) is 38.7. The summed E-state index contributed by atoms with van der Waals surface area (Å²) in [5.74, 6) is 0.507. The molecule has 1 atom stereocenters. The molecule has 3 amide bonds. The van der Waals surface area contributed by atoms with Gasteiger partial charge < -0.3 is 40.4 Å². The van der Waals surface area contributed by atoms with Crippen molar-refractivity contribution in [2.45, 2.75) is 44.3 Å². The average Bonchev–Trinajstić information content (AvgIpc) is 3.49. The van der Waals surface area contributed by atoms with Crippen molar-refractivity contribution < 1.29 is 23.7 Å². The van der Waals surface area contributed by atoms with E-state index >= 15 is 0 Å². The number of hydrogen-bond acceptors (Lipinski definition) is 12. The van der Waals surface area contributed by atoms with Gasteiger partial charge in [0, 0.05) is 73.5 Å². The third-order valence-corrected chi connectivity index (χ3v) is 12.0. The van der Waals surface area contributed by atoms with E-state index in [0.717, 1.165) is 56.0 Å². The number of rotatable bonds is 13. The normalized spacial score (nSPS) is 17.5. The first kappa shape index (κ1) is 38.1. The molecule has 0 saturated carbocycles. The van der Waals surface area contributed by atoms with Crippen LogP contribution in [0.1, 0.15) is 41.6 Å². The summed E-state index contributed by atoms with van der Waals surface area (Å²) >= 11 is 6.45. The topological polar surface area (TPSA) is 170 Å². The number of nitrogens with zero attached hydrogens (tertiary/aromatic N) is 4. The van der Waals surface area contributed by atoms with Crippen LogP contribution in [-0.4, -0.2) is 91.3 Å². The van der Waals surface area contributed by atoms with Gasteiger partial charge in [0.25, 0.3) is 5.91 Å². The summed E-state index contributed by atoms with van der Waals surface area (Å²) in [5.41, 5.74) is 4.85. The van der Waals surface area contributed by atoms with Gasteiger partial charge in [-0.15, -0.1) is 0 Å². The number of ether oxygens (including phenoxy) is 1. The molecule has 0 spiro atoms. The van der Waals surface area contributed by atoms with Gasteiger partial charge in [0.2, 0.25) is 17.8 Å². The number of halogens is 1. The number of piperidine rings is 2. The Balaban J connectivity index is 0.885. The highest BCUT2D eigenvalue weighted by Crippen LogP contribution is 2.39. The Morgan fingerprint density at radius 3 is 2.53 bits per heavy atom. The maximum absolute atomic E-state index is 13.0. The lowest BCUT2D eigenvalue weighted by Gasteiger charge is -2.34. The lowest BCUT2D eigenvalue weighted by Crippen LogP contribution is -2.52. The highest BCUT2D eigenvalue weighted by atomic mass is 35.5. The van der Waals surface area contributed by atoms with Crippen molar-refractivity contribution in [3.63, 3.8) is 0 Å². The van der Waals surface area contributed by atoms with Crippen molar-refractivity contribution in [1.29, 1.82) is 0 Å². The van der Waals surface area contributed by atoms with Crippen molar-refractivity contribution in [3.8, 4) is 5.75 Å². The minimum absolute atomic E-state index is 0.170. The number of nitrogens with one attached hydrogen (secondary N) is 5. The first-order valence-corrected chi connectivity index (χ1v) is 21.3. The van der Waals surface area contributed by atoms with Crippen LogP contribution >= 0.6 is 18.7 Å². The van der Waals surface area contributed by atoms with Gasteiger partial charge in [-0.05, 0) is 80.6 Å². The Labute approximate surface area is 325 Å². The molecule has 3 aliphatic heterocycles. The summed E-state index contributed by atoms with van der Waals surface area (Å²) in [7, 11) is -0.916. The Hall–Kier alpha value is -5.17. The first-order valence-electron chi connectivity index (χ1n) is 18.4. The van der Waals surface area contributed by atoms with Crippen LogP contribution in [0.15, 0.2) is 66.9 Å². The van der Waals surface area contributed by atoms with Gasteiger partial charge in [-0.1, -0.05) is 23.7 Å². The molecule has 0 radical (unpaired) electrons. The predicted octanol–water partition coefficient (Wildman–Crippen LogP) is 5.31. The third-order valence-electron chi connectivity index (χ3n) is 10.2. The number of carbonyl (C=O) groups excluding carboxylic acids is 3. The van der Waals surface area contributed by atoms with Crippen molar-refractivity contribution in [1.82, 2.24) is 25.5 Å². The van der Waals surface area contributed by atoms with Crippen LogP contribution in [0.2, 0.25) is 5.02 Å². The zero-order valence-electron chi connectivity index (χ0n) is 31.0. The van der Waals surface area contributed by atoms with Gasteiger partial charge in [-0.25, -0.2) is 4.98 Å². The Bertz CT molecular complexity index is 2160. The Morgan fingerprint density at radius 2 is 1.76 bits per heavy atom. The van der Waals surface area contributed by atoms with Gasteiger partial charge in [-0.3, -0.25) is 19.7 Å². The quantitative estimate of drug-likeness (QED) is 0.0675. The Morgan fingerprint density at radius 1 is 0.964 bits per heavy atom. The third kappa shape index (κ3) is 8.72. The van der Waals surface area contributed by atoms with Crippen LogP contribution < -0.4 is 41.5 Å². The largest absolute Gasteiger partial charge is 0.494 e. The van der Waals surface area contributed by atoms with Crippen LogP contribution in [0.25, 0.3) is 0 Å². The number of imide groups is 1. The van der Waals surface area contributed by atoms with Gasteiger partial charge >= 0.3 is 0 Å². The van der Waals surface area contributed by atoms with E-state index in [0.29, 0.717) is 63.8 Å². The van der Waals surface area contributed by atoms with Crippen LogP contribution in [0.3, 0.4) is 0 Å². The van der Waals surface area contributed by atoms with E-state index < -0.39 is 19.1 Å². The maximum Gasteiger partial charge on any atom is 0.255 e. The van der Waals surface area contributed by atoms with Gasteiger partial charge in [-0.2, -0.15) is 4.98 Å². The summed E-state index contributed by atoms with van der Waals surface area (Å²) in [6, 6.07) is 18.9. The van der Waals surface area contributed by atoms with Crippen molar-refractivity contribution in [2.75, 3.05) is 67.5 Å². The second-order valence-electron chi connectivity index (χ2n) is 14.3. The molecule has 16 heteroatoms. The van der Waals surface area contributed by atoms with Crippen molar-refractivity contribution in [2.24, 2.45) is 0 Å². The number of fused-ring (bicyclic) bond motifs is 1. The van der Waals surface area contributed by atoms with E-state index in [1.165, 1.54) is 6.20 Å². The molecule has 14 nitrogen and oxygen atoms in total. The number of aromatic nitrogens is 2. The van der Waals surface area contributed by atoms with Crippen LogP contribution in [0.4, 0.5) is 34.5 Å². The van der Waals surface area contributed by atoms with Crippen molar-refractivity contribution in [3.05, 3.63) is 83.0 Å². The van der Waals surface area contributed by atoms with E-state index in [4.69, 9.17) is 16.3 Å². The highest BCUT2D eigenvalue weighted by molar-refractivity contribution is 7.70. The Kier molecular flexibility index (Phi) is 11.3. The molecule has 2 fully saturated rings. The second-order valence-corrected chi connectivity index (χ2v) is 17.9. The molecular formula is C39H45ClN9O5P. The zero-order valence-corrected chi connectivity index (χ0v) is 32.7. The SMILES string of the molecule is COc1cc(N2CCC(NCCNc3ccc4c(c3)CN(C3CCC(=O)NC3=O)C4=O)CC2)ccc1Nc1ncc(Cl)c(Nc2ccccc2P(C)(C)=O)n1. The summed E-state index contributed by atoms with van der Waals surface area (Å²) in [4.78, 5) is 49.8. The molecule has 3 aromatic carbocycles. The monoisotopic (exact) mass is 785 g/mol. The predicted molar refractivity (Wildman–Crippen MR) is 216 cm³/mol. The molecule has 0 aliphatic carbocycles. The number of hydrogen-bond donors (Lipinski definition) is 5. The summed E-state index contributed by atoms with van der Waals surface area (Å²) in [6.45, 7) is 7.09. The molecule has 0 bridgehead atoms. The van der Waals surface area contributed by atoms with Crippen LogP contribution in [-0.2, 0) is 20.7 Å². The first-order chi connectivity index (χ1) is 26.5. The fourth-order valence-electron chi connectivity index (χ4n) is 7.30. The summed E-state index contributed by atoms with van der Waals surface area (Å²) in [6.07, 6.45) is 4.08. The minimum Gasteiger partial charge on any atom is -0.494 e. The number of methoxy groups -OCH3 is 1. The summed E-state index contributed by atoms with van der Waals surface area (Å²) in [5, 5.41) is 17.0. The van der Waals surface area contributed by atoms with E-state index in [9.17, 15) is 18.9 Å². The lowest BCUT2D eigenvalue weighted by atomic mass is 10.0. The maximum atomic E-state index is 13.0. The number of benzene rings is 3. The van der Waals surface area contributed by atoms with Gasteiger partial charge in [0.1, 0.15) is 24.0 Å². The van der Waals surface area contributed by atoms with Crippen LogP contribution in [0.5, 0.6) is 5.75 Å². The molecule has 1 unspecified atom stereocenters. The fraction of sp³-hybridized carbons (Fsp3) is 0.359. The minimum atomic E-state index is -2.55. The smallest absolute Gasteiger partial charge is 0.255 e. The summed E-state index contributed by atoms with van der Waals surface area (Å²) < 4.78 is 18.6. The van der Waals surface area contributed by atoms with E-state index in [1.54, 1.807) is 25.3 Å². The van der Waals surface area contributed by atoms with Gasteiger partial charge in [0.05, 0.1) is 24.7 Å². The molecule has 3 aliphatic rings. The van der Waals surface area contributed by atoms with Crippen molar-refractivity contribution >= 4 is 76.3 Å². The lowest BCUT2D eigenvalue weighted by molar-refractivity contribution is -0.136. The van der Waals surface area contributed by atoms with Gasteiger partial charge in [0.15, 0.2) is 5.82 Å². The molecule has 2 saturated heterocycles. The highest BCUT2D eigenvalue weighted by Gasteiger charge is 2.39. The fourth-order valence-corrected chi connectivity index (χ4v) is 8.60. The van der Waals surface area contributed by atoms with Crippen LogP contribution in [0, 0.1) is 0 Å². The molecule has 1 aromatic heterocycles. The molecule has 5 N–H and O–H groups in total. The van der Waals surface area contributed by atoms with E-state index in [-0.39, 0.29) is 18.2 Å². The molecule has 4 aromatic rings.